The van der Waals surface area contributed by atoms with Crippen LogP contribution >= 0.6 is 0 Å². The van der Waals surface area contributed by atoms with Crippen molar-refractivity contribution < 1.29 is 23.5 Å². The Morgan fingerprint density at radius 2 is 2.33 bits per heavy atom. The molecule has 1 unspecified atom stereocenters. The minimum Gasteiger partial charge on any atom is -0.479 e. The number of likely N-dealkylation sites (tertiary alicyclic amines) is 1. The number of carboxylic acids is 1. The van der Waals surface area contributed by atoms with E-state index in [2.05, 4.69) is 0 Å². The maximum Gasteiger partial charge on any atom is 0.343 e. The fourth-order valence-electron chi connectivity index (χ4n) is 2.10. The minimum atomic E-state index is -2.33. The van der Waals surface area contributed by atoms with Crippen molar-refractivity contribution in [3.8, 4) is 0 Å². The predicted octanol–water partition coefficient (Wildman–Crippen LogP) is 1.48. The number of halogens is 1. The van der Waals surface area contributed by atoms with Crippen LogP contribution in [0.2, 0.25) is 0 Å². The Labute approximate surface area is 103 Å². The first-order chi connectivity index (χ1) is 8.48. The lowest BCUT2D eigenvalue weighted by Crippen LogP contribution is -2.39. The van der Waals surface area contributed by atoms with E-state index < -0.39 is 18.2 Å². The van der Waals surface area contributed by atoms with Crippen LogP contribution in [0.15, 0.2) is 16.7 Å². The van der Waals surface area contributed by atoms with E-state index in [0.29, 0.717) is 17.7 Å². The number of nitrogens with zero attached hydrogens (tertiary/aromatic N) is 1. The summed E-state index contributed by atoms with van der Waals surface area (Å²) >= 11 is 0. The summed E-state index contributed by atoms with van der Waals surface area (Å²) < 4.78 is 19.0. The van der Waals surface area contributed by atoms with Crippen LogP contribution in [0.5, 0.6) is 0 Å². The zero-order chi connectivity index (χ0) is 13.3. The van der Waals surface area contributed by atoms with E-state index in [-0.39, 0.29) is 18.9 Å². The highest BCUT2D eigenvalue weighted by Gasteiger charge is 2.47. The third-order valence-electron chi connectivity index (χ3n) is 3.19. The maximum atomic E-state index is 13.9. The van der Waals surface area contributed by atoms with Gasteiger partial charge >= 0.3 is 5.97 Å². The van der Waals surface area contributed by atoms with Gasteiger partial charge in [-0.05, 0) is 6.07 Å². The molecule has 1 amide bonds. The molecule has 6 heteroatoms. The predicted molar refractivity (Wildman–Crippen MR) is 60.1 cm³/mol. The second-order valence-corrected chi connectivity index (χ2v) is 4.36. The molecule has 1 fully saturated rings. The first kappa shape index (κ1) is 12.6. The van der Waals surface area contributed by atoms with E-state index in [1.54, 1.807) is 0 Å². The number of furan rings is 1. The maximum absolute atomic E-state index is 13.9. The number of alkyl halides is 1. The van der Waals surface area contributed by atoms with Crippen LogP contribution in [0.1, 0.15) is 29.5 Å². The van der Waals surface area contributed by atoms with Crippen molar-refractivity contribution in [1.29, 1.82) is 0 Å². The number of hydrogen-bond donors (Lipinski definition) is 1. The van der Waals surface area contributed by atoms with Crippen LogP contribution < -0.4 is 0 Å². The number of aliphatic carboxylic acids is 1. The molecule has 1 saturated heterocycles. The molecule has 0 radical (unpaired) electrons. The average Bonchev–Trinajstić information content (AvgIpc) is 2.94. The van der Waals surface area contributed by atoms with E-state index in [9.17, 15) is 14.0 Å². The number of carbonyl (C=O) groups excluding carboxylic acids is 1. The Bertz CT molecular complexity index is 484. The second kappa shape index (κ2) is 4.44. The molecule has 18 heavy (non-hydrogen) atoms. The Hall–Kier alpha value is -1.85. The molecule has 0 aromatic carbocycles. The average molecular weight is 255 g/mol. The summed E-state index contributed by atoms with van der Waals surface area (Å²) in [5.41, 5.74) is -1.95. The van der Waals surface area contributed by atoms with Crippen molar-refractivity contribution in [3.05, 3.63) is 23.7 Å². The number of aryl methyl sites for hydroxylation is 1. The van der Waals surface area contributed by atoms with E-state index in [4.69, 9.17) is 9.52 Å². The van der Waals surface area contributed by atoms with Crippen LogP contribution in [0, 0.1) is 0 Å². The Morgan fingerprint density at radius 3 is 2.89 bits per heavy atom. The number of amides is 1. The zero-order valence-corrected chi connectivity index (χ0v) is 9.98. The van der Waals surface area contributed by atoms with Crippen LogP contribution in [-0.2, 0) is 11.2 Å². The molecule has 5 nitrogen and oxygen atoms in total. The molecule has 0 spiro atoms. The molecule has 0 saturated carbocycles. The molecule has 1 aliphatic rings. The van der Waals surface area contributed by atoms with Gasteiger partial charge in [0.05, 0.1) is 18.4 Å². The topological polar surface area (TPSA) is 70.8 Å². The highest BCUT2D eigenvalue weighted by Crippen LogP contribution is 2.28. The molecule has 1 aromatic rings. The van der Waals surface area contributed by atoms with Crippen LogP contribution in [0.4, 0.5) is 4.39 Å². The van der Waals surface area contributed by atoms with Gasteiger partial charge in [-0.25, -0.2) is 9.18 Å². The standard InChI is InChI=1S/C12H14FNO4/c1-2-9-8(3-6-18-9)10(15)14-5-4-12(13,7-14)11(16)17/h3,6H,2,4-5,7H2,1H3,(H,16,17). The summed E-state index contributed by atoms with van der Waals surface area (Å²) in [6.07, 6.45) is 1.79. The quantitative estimate of drug-likeness (QED) is 0.888. The second-order valence-electron chi connectivity index (χ2n) is 4.36. The van der Waals surface area contributed by atoms with Crippen molar-refractivity contribution >= 4 is 11.9 Å². The SMILES string of the molecule is CCc1occc1C(=O)N1CCC(F)(C(=O)O)C1. The molecule has 1 aliphatic heterocycles. The fourth-order valence-corrected chi connectivity index (χ4v) is 2.10. The summed E-state index contributed by atoms with van der Waals surface area (Å²) in [7, 11) is 0. The highest BCUT2D eigenvalue weighted by molar-refractivity contribution is 5.96. The van der Waals surface area contributed by atoms with Gasteiger partial charge in [0.1, 0.15) is 5.76 Å². The molecular weight excluding hydrogens is 241 g/mol. The zero-order valence-electron chi connectivity index (χ0n) is 9.98. The molecule has 2 rings (SSSR count). The van der Waals surface area contributed by atoms with Gasteiger partial charge in [0.2, 0.25) is 5.67 Å². The smallest absolute Gasteiger partial charge is 0.343 e. The molecule has 2 heterocycles. The van der Waals surface area contributed by atoms with Crippen molar-refractivity contribution in [2.75, 3.05) is 13.1 Å². The van der Waals surface area contributed by atoms with E-state index >= 15 is 0 Å². The molecule has 1 atom stereocenters. The number of carbonyl (C=O) groups is 2. The minimum absolute atomic E-state index is 0.107. The summed E-state index contributed by atoms with van der Waals surface area (Å²) in [5.74, 6) is -1.35. The molecule has 98 valence electrons. The van der Waals surface area contributed by atoms with Gasteiger partial charge in [0.25, 0.3) is 5.91 Å². The largest absolute Gasteiger partial charge is 0.479 e. The molecule has 0 aliphatic carbocycles. The molecule has 0 bridgehead atoms. The summed E-state index contributed by atoms with van der Waals surface area (Å²) in [5, 5.41) is 8.77. The van der Waals surface area contributed by atoms with Gasteiger partial charge in [-0.3, -0.25) is 4.79 Å². The van der Waals surface area contributed by atoms with Crippen molar-refractivity contribution in [2.24, 2.45) is 0 Å². The first-order valence-corrected chi connectivity index (χ1v) is 5.76. The lowest BCUT2D eigenvalue weighted by Gasteiger charge is -2.17. The van der Waals surface area contributed by atoms with Crippen molar-refractivity contribution in [2.45, 2.75) is 25.4 Å². The van der Waals surface area contributed by atoms with Crippen LogP contribution in [0.25, 0.3) is 0 Å². The van der Waals surface area contributed by atoms with Crippen molar-refractivity contribution in [1.82, 2.24) is 4.90 Å². The Balaban J connectivity index is 2.15. The third-order valence-corrected chi connectivity index (χ3v) is 3.19. The first-order valence-electron chi connectivity index (χ1n) is 5.76. The van der Waals surface area contributed by atoms with Crippen LogP contribution in [0.3, 0.4) is 0 Å². The number of hydrogen-bond acceptors (Lipinski definition) is 3. The van der Waals surface area contributed by atoms with Gasteiger partial charge in [-0.15, -0.1) is 0 Å². The fraction of sp³-hybridized carbons (Fsp3) is 0.500. The summed E-state index contributed by atoms with van der Waals surface area (Å²) in [4.78, 5) is 24.1. The van der Waals surface area contributed by atoms with Crippen LogP contribution in [-0.4, -0.2) is 40.6 Å². The van der Waals surface area contributed by atoms with Crippen molar-refractivity contribution in [3.63, 3.8) is 0 Å². The summed E-state index contributed by atoms with van der Waals surface area (Å²) in [6, 6.07) is 1.53. The van der Waals surface area contributed by atoms with E-state index in [1.807, 2.05) is 6.92 Å². The van der Waals surface area contributed by atoms with Gasteiger partial charge in [0.15, 0.2) is 0 Å². The van der Waals surface area contributed by atoms with Gasteiger partial charge < -0.3 is 14.4 Å². The van der Waals surface area contributed by atoms with Gasteiger partial charge in [-0.1, -0.05) is 6.92 Å². The van der Waals surface area contributed by atoms with Gasteiger partial charge in [0, 0.05) is 19.4 Å². The third kappa shape index (κ3) is 1.98. The normalized spacial score (nSPS) is 23.3. The molecule has 1 aromatic heterocycles. The highest BCUT2D eigenvalue weighted by atomic mass is 19.1. The van der Waals surface area contributed by atoms with E-state index in [0.717, 1.165) is 0 Å². The molecule has 1 N–H and O–H groups in total. The summed E-state index contributed by atoms with van der Waals surface area (Å²) in [6.45, 7) is 1.54. The van der Waals surface area contributed by atoms with E-state index in [1.165, 1.54) is 17.2 Å². The Kier molecular flexibility index (Phi) is 3.11. The lowest BCUT2D eigenvalue weighted by atomic mass is 10.1. The number of rotatable bonds is 3. The van der Waals surface area contributed by atoms with Gasteiger partial charge in [-0.2, -0.15) is 0 Å². The number of carboxylic acid groups (broad SMARTS) is 1. The molecular formula is C12H14FNO4. The Morgan fingerprint density at radius 1 is 1.61 bits per heavy atom. The lowest BCUT2D eigenvalue weighted by molar-refractivity contribution is -0.149. The monoisotopic (exact) mass is 255 g/mol.